The van der Waals surface area contributed by atoms with Crippen molar-refractivity contribution in [2.24, 2.45) is 0 Å². The zero-order chi connectivity index (χ0) is 17.9. The van der Waals surface area contributed by atoms with E-state index in [1.54, 1.807) is 18.2 Å². The first-order valence-electron chi connectivity index (χ1n) is 7.66. The van der Waals surface area contributed by atoms with E-state index in [1.807, 2.05) is 0 Å². The fourth-order valence-corrected chi connectivity index (χ4v) is 3.51. The van der Waals surface area contributed by atoms with E-state index in [4.69, 9.17) is 23.2 Å². The number of halogens is 2. The Hall–Kier alpha value is -1.16. The van der Waals surface area contributed by atoms with Crippen molar-refractivity contribution in [1.82, 2.24) is 0 Å². The lowest BCUT2D eigenvalue weighted by Crippen LogP contribution is -2.15. The molecule has 0 aliphatic rings. The molecule has 0 heterocycles. The van der Waals surface area contributed by atoms with Crippen LogP contribution in [0.5, 0.6) is 0 Å². The Morgan fingerprint density at radius 3 is 2.33 bits per heavy atom. The summed E-state index contributed by atoms with van der Waals surface area (Å²) >= 11 is 13.7. The summed E-state index contributed by atoms with van der Waals surface area (Å²) in [6, 6.07) is 11.6. The van der Waals surface area contributed by atoms with Gasteiger partial charge in [-0.3, -0.25) is 4.79 Å². The van der Waals surface area contributed by atoms with Gasteiger partial charge in [-0.05, 0) is 41.7 Å². The summed E-state index contributed by atoms with van der Waals surface area (Å²) in [4.78, 5) is 13.3. The van der Waals surface area contributed by atoms with Gasteiger partial charge in [0.25, 0.3) is 0 Å². The number of anilines is 1. The second-order valence-electron chi connectivity index (χ2n) is 6.66. The van der Waals surface area contributed by atoms with E-state index in [2.05, 4.69) is 51.2 Å². The molecule has 0 aromatic heterocycles. The van der Waals surface area contributed by atoms with Gasteiger partial charge in [-0.1, -0.05) is 62.2 Å². The minimum absolute atomic E-state index is 0.0797. The van der Waals surface area contributed by atoms with Gasteiger partial charge in [-0.15, -0.1) is 11.8 Å². The summed E-state index contributed by atoms with van der Waals surface area (Å²) in [5, 5.41) is 3.66. The summed E-state index contributed by atoms with van der Waals surface area (Å²) in [5.74, 6) is 0.172. The maximum absolute atomic E-state index is 12.2. The van der Waals surface area contributed by atoms with Crippen LogP contribution in [0.1, 0.15) is 31.9 Å². The standard InChI is InChI=1S/C19H21Cl2NOS/c1-12-8-9-13(19(2,3)4)10-16(12)24-11-17(23)22-18-14(20)6-5-7-15(18)21/h5-10H,11H2,1-4H3,(H,22,23). The lowest BCUT2D eigenvalue weighted by molar-refractivity contribution is -0.113. The van der Waals surface area contributed by atoms with Crippen LogP contribution in [0.3, 0.4) is 0 Å². The first kappa shape index (κ1) is 19.2. The van der Waals surface area contributed by atoms with Gasteiger partial charge < -0.3 is 5.32 Å². The third-order valence-corrected chi connectivity index (χ3v) is 5.43. The smallest absolute Gasteiger partial charge is 0.234 e. The third kappa shape index (κ3) is 4.92. The van der Waals surface area contributed by atoms with Crippen LogP contribution in [0.25, 0.3) is 0 Å². The Kier molecular flexibility index (Phi) is 6.24. The van der Waals surface area contributed by atoms with Crippen LogP contribution >= 0.6 is 35.0 Å². The number of thioether (sulfide) groups is 1. The number of benzene rings is 2. The van der Waals surface area contributed by atoms with E-state index in [0.29, 0.717) is 21.5 Å². The highest BCUT2D eigenvalue weighted by atomic mass is 35.5. The van der Waals surface area contributed by atoms with Crippen molar-refractivity contribution in [2.75, 3.05) is 11.1 Å². The van der Waals surface area contributed by atoms with Crippen LogP contribution in [0.2, 0.25) is 10.0 Å². The van der Waals surface area contributed by atoms with Crippen LogP contribution in [0.4, 0.5) is 5.69 Å². The molecule has 128 valence electrons. The Morgan fingerprint density at radius 2 is 1.75 bits per heavy atom. The molecule has 1 amide bonds. The zero-order valence-electron chi connectivity index (χ0n) is 14.2. The molecule has 0 atom stereocenters. The molecular formula is C19H21Cl2NOS. The summed E-state index contributed by atoms with van der Waals surface area (Å²) in [7, 11) is 0. The fraction of sp³-hybridized carbons (Fsp3) is 0.316. The molecule has 2 aromatic rings. The Labute approximate surface area is 157 Å². The molecule has 0 bridgehead atoms. The average Bonchev–Trinajstić information content (AvgIpc) is 2.49. The topological polar surface area (TPSA) is 29.1 Å². The highest BCUT2D eigenvalue weighted by Crippen LogP contribution is 2.32. The zero-order valence-corrected chi connectivity index (χ0v) is 16.6. The molecule has 1 N–H and O–H groups in total. The summed E-state index contributed by atoms with van der Waals surface area (Å²) in [6.07, 6.45) is 0. The second-order valence-corrected chi connectivity index (χ2v) is 8.50. The van der Waals surface area contributed by atoms with Crippen molar-refractivity contribution >= 4 is 46.6 Å². The Morgan fingerprint density at radius 1 is 1.12 bits per heavy atom. The van der Waals surface area contributed by atoms with E-state index in [9.17, 15) is 4.79 Å². The number of hydrogen-bond donors (Lipinski definition) is 1. The highest BCUT2D eigenvalue weighted by Gasteiger charge is 2.16. The Balaban J connectivity index is 2.07. The van der Waals surface area contributed by atoms with Crippen molar-refractivity contribution in [3.05, 3.63) is 57.6 Å². The number of para-hydroxylation sites is 1. The first-order chi connectivity index (χ1) is 11.2. The van der Waals surface area contributed by atoms with E-state index in [-0.39, 0.29) is 11.3 Å². The Bertz CT molecular complexity index is 733. The lowest BCUT2D eigenvalue weighted by Gasteiger charge is -2.20. The molecule has 24 heavy (non-hydrogen) atoms. The summed E-state index contributed by atoms with van der Waals surface area (Å²) in [5.41, 5.74) is 2.96. The van der Waals surface area contributed by atoms with Gasteiger partial charge in [0.15, 0.2) is 0 Å². The summed E-state index contributed by atoms with van der Waals surface area (Å²) < 4.78 is 0. The number of carbonyl (C=O) groups excluding carboxylic acids is 1. The van der Waals surface area contributed by atoms with Crippen LogP contribution < -0.4 is 5.32 Å². The van der Waals surface area contributed by atoms with E-state index in [0.717, 1.165) is 10.5 Å². The van der Waals surface area contributed by atoms with Crippen LogP contribution in [0.15, 0.2) is 41.3 Å². The van der Waals surface area contributed by atoms with E-state index in [1.165, 1.54) is 17.3 Å². The van der Waals surface area contributed by atoms with Gasteiger partial charge in [0, 0.05) is 4.90 Å². The van der Waals surface area contributed by atoms with Crippen molar-refractivity contribution in [2.45, 2.75) is 38.0 Å². The number of hydrogen-bond acceptors (Lipinski definition) is 2. The van der Waals surface area contributed by atoms with Gasteiger partial charge in [-0.2, -0.15) is 0 Å². The molecule has 0 aliphatic carbocycles. The molecule has 0 radical (unpaired) electrons. The number of nitrogens with one attached hydrogen (secondary N) is 1. The monoisotopic (exact) mass is 381 g/mol. The molecule has 0 fully saturated rings. The molecule has 0 saturated carbocycles. The first-order valence-corrected chi connectivity index (χ1v) is 9.40. The minimum atomic E-state index is -0.129. The van der Waals surface area contributed by atoms with Crippen LogP contribution in [0, 0.1) is 6.92 Å². The number of amides is 1. The largest absolute Gasteiger partial charge is 0.323 e. The molecule has 2 nitrogen and oxygen atoms in total. The molecule has 0 spiro atoms. The van der Waals surface area contributed by atoms with Crippen molar-refractivity contribution in [1.29, 1.82) is 0 Å². The molecule has 0 aliphatic heterocycles. The maximum Gasteiger partial charge on any atom is 0.234 e. The highest BCUT2D eigenvalue weighted by molar-refractivity contribution is 8.00. The number of carbonyl (C=O) groups is 1. The fourth-order valence-electron chi connectivity index (χ4n) is 2.16. The van der Waals surface area contributed by atoms with Crippen molar-refractivity contribution < 1.29 is 4.79 Å². The van der Waals surface area contributed by atoms with Gasteiger partial charge in [0.05, 0.1) is 21.5 Å². The van der Waals surface area contributed by atoms with E-state index < -0.39 is 0 Å². The van der Waals surface area contributed by atoms with Gasteiger partial charge in [0.2, 0.25) is 5.91 Å². The molecule has 0 unspecified atom stereocenters. The molecule has 0 saturated heterocycles. The van der Waals surface area contributed by atoms with Gasteiger partial charge >= 0.3 is 0 Å². The van der Waals surface area contributed by atoms with Crippen molar-refractivity contribution in [3.63, 3.8) is 0 Å². The third-order valence-electron chi connectivity index (χ3n) is 3.64. The quantitative estimate of drug-likeness (QED) is 0.626. The van der Waals surface area contributed by atoms with Crippen LogP contribution in [-0.2, 0) is 10.2 Å². The predicted octanol–water partition coefficient (Wildman–Crippen LogP) is 6.33. The normalized spacial score (nSPS) is 11.4. The average molecular weight is 382 g/mol. The van der Waals surface area contributed by atoms with Gasteiger partial charge in [-0.25, -0.2) is 0 Å². The maximum atomic E-state index is 12.2. The van der Waals surface area contributed by atoms with Gasteiger partial charge in [0.1, 0.15) is 0 Å². The molecular weight excluding hydrogens is 361 g/mol. The van der Waals surface area contributed by atoms with Crippen molar-refractivity contribution in [3.8, 4) is 0 Å². The number of rotatable bonds is 4. The van der Waals surface area contributed by atoms with Crippen LogP contribution in [-0.4, -0.2) is 11.7 Å². The minimum Gasteiger partial charge on any atom is -0.323 e. The second kappa shape index (κ2) is 7.81. The lowest BCUT2D eigenvalue weighted by atomic mass is 9.87. The molecule has 5 heteroatoms. The summed E-state index contributed by atoms with van der Waals surface area (Å²) in [6.45, 7) is 8.59. The molecule has 2 rings (SSSR count). The number of aryl methyl sites for hydroxylation is 1. The predicted molar refractivity (Wildman–Crippen MR) is 106 cm³/mol. The molecule has 2 aromatic carbocycles. The van der Waals surface area contributed by atoms with E-state index >= 15 is 0 Å². The SMILES string of the molecule is Cc1ccc(C(C)(C)C)cc1SCC(=O)Nc1c(Cl)cccc1Cl.